The lowest BCUT2D eigenvalue weighted by atomic mass is 9.76. The predicted molar refractivity (Wildman–Crippen MR) is 71.5 cm³/mol. The molecular formula is C15H24O4. The molecule has 4 heteroatoms. The highest BCUT2D eigenvalue weighted by atomic mass is 16.8. The molecule has 19 heavy (non-hydrogen) atoms. The molecule has 0 bridgehead atoms. The molecule has 1 heterocycles. The summed E-state index contributed by atoms with van der Waals surface area (Å²) in [5, 5.41) is 0. The van der Waals surface area contributed by atoms with Gasteiger partial charge in [-0.2, -0.15) is 0 Å². The molecule has 0 spiro atoms. The monoisotopic (exact) mass is 268 g/mol. The highest BCUT2D eigenvalue weighted by Gasteiger charge is 2.56. The van der Waals surface area contributed by atoms with Gasteiger partial charge in [-0.3, -0.25) is 4.79 Å². The number of carbonyl (C=O) groups is 1. The van der Waals surface area contributed by atoms with Gasteiger partial charge in [0.25, 0.3) is 0 Å². The Hall–Kier alpha value is -0.870. The summed E-state index contributed by atoms with van der Waals surface area (Å²) in [6.45, 7) is 11.4. The van der Waals surface area contributed by atoms with Crippen LogP contribution in [0.25, 0.3) is 0 Å². The van der Waals surface area contributed by atoms with Crippen LogP contribution in [-0.4, -0.2) is 29.6 Å². The van der Waals surface area contributed by atoms with Gasteiger partial charge < -0.3 is 14.2 Å². The summed E-state index contributed by atoms with van der Waals surface area (Å²) in [6, 6.07) is 0. The zero-order valence-corrected chi connectivity index (χ0v) is 12.6. The first-order valence-electron chi connectivity index (χ1n) is 6.89. The lowest BCUT2D eigenvalue weighted by Gasteiger charge is -2.40. The van der Waals surface area contributed by atoms with Crippen LogP contribution in [0, 0.1) is 11.8 Å². The van der Waals surface area contributed by atoms with E-state index in [1.54, 1.807) is 0 Å². The second-order valence-electron chi connectivity index (χ2n) is 6.48. The maximum absolute atomic E-state index is 11.4. The summed E-state index contributed by atoms with van der Waals surface area (Å²) in [5.41, 5.74) is -0.533. The molecule has 1 aliphatic carbocycles. The van der Waals surface area contributed by atoms with Gasteiger partial charge in [0.05, 0.1) is 0 Å². The van der Waals surface area contributed by atoms with Crippen molar-refractivity contribution in [3.63, 3.8) is 0 Å². The first-order chi connectivity index (χ1) is 8.65. The third-order valence-corrected chi connectivity index (χ3v) is 3.84. The van der Waals surface area contributed by atoms with Gasteiger partial charge in [-0.15, -0.1) is 0 Å². The molecule has 1 saturated heterocycles. The molecule has 108 valence electrons. The second kappa shape index (κ2) is 4.60. The van der Waals surface area contributed by atoms with Crippen LogP contribution in [0.5, 0.6) is 0 Å². The summed E-state index contributed by atoms with van der Waals surface area (Å²) >= 11 is 0. The SMILES string of the molecule is CC(=O)O[C@@H]1[C@@H](C(C)C)C=C[C@]2(C)OC(C)(C)O[C@H]12. The van der Waals surface area contributed by atoms with Crippen molar-refractivity contribution >= 4 is 5.97 Å². The minimum atomic E-state index is -0.659. The Morgan fingerprint density at radius 3 is 2.47 bits per heavy atom. The average molecular weight is 268 g/mol. The first kappa shape index (κ1) is 14.5. The third-order valence-electron chi connectivity index (χ3n) is 3.84. The summed E-state index contributed by atoms with van der Waals surface area (Å²) < 4.78 is 17.5. The van der Waals surface area contributed by atoms with Crippen LogP contribution in [0.15, 0.2) is 12.2 Å². The van der Waals surface area contributed by atoms with Crippen LogP contribution in [0.3, 0.4) is 0 Å². The average Bonchev–Trinajstić information content (AvgIpc) is 2.46. The number of esters is 1. The molecule has 0 unspecified atom stereocenters. The van der Waals surface area contributed by atoms with Crippen molar-refractivity contribution in [2.24, 2.45) is 11.8 Å². The quantitative estimate of drug-likeness (QED) is 0.570. The predicted octanol–water partition coefficient (Wildman–Crippen LogP) is 2.67. The lowest BCUT2D eigenvalue weighted by Crippen LogP contribution is -2.52. The number of hydrogen-bond acceptors (Lipinski definition) is 4. The van der Waals surface area contributed by atoms with E-state index >= 15 is 0 Å². The zero-order chi connectivity index (χ0) is 14.4. The molecule has 0 N–H and O–H groups in total. The Balaban J connectivity index is 2.34. The minimum Gasteiger partial charge on any atom is -0.459 e. The Labute approximate surface area is 115 Å². The van der Waals surface area contributed by atoms with Crippen molar-refractivity contribution in [2.45, 2.75) is 65.1 Å². The summed E-state index contributed by atoms with van der Waals surface area (Å²) in [6.07, 6.45) is 3.59. The van der Waals surface area contributed by atoms with Crippen LogP contribution in [0.1, 0.15) is 41.5 Å². The van der Waals surface area contributed by atoms with Crippen molar-refractivity contribution in [1.82, 2.24) is 0 Å². The first-order valence-corrected chi connectivity index (χ1v) is 6.89. The van der Waals surface area contributed by atoms with E-state index in [0.717, 1.165) is 0 Å². The van der Waals surface area contributed by atoms with Crippen molar-refractivity contribution < 1.29 is 19.0 Å². The molecule has 4 atom stereocenters. The molecular weight excluding hydrogens is 244 g/mol. The molecule has 0 saturated carbocycles. The summed E-state index contributed by atoms with van der Waals surface area (Å²) in [4.78, 5) is 11.4. The van der Waals surface area contributed by atoms with Crippen LogP contribution >= 0.6 is 0 Å². The number of hydrogen-bond donors (Lipinski definition) is 0. The van der Waals surface area contributed by atoms with Gasteiger partial charge in [-0.25, -0.2) is 0 Å². The van der Waals surface area contributed by atoms with Gasteiger partial charge in [0.1, 0.15) is 17.8 Å². The van der Waals surface area contributed by atoms with E-state index in [9.17, 15) is 4.79 Å². The molecule has 0 aromatic heterocycles. The topological polar surface area (TPSA) is 44.8 Å². The van der Waals surface area contributed by atoms with Gasteiger partial charge >= 0.3 is 5.97 Å². The largest absolute Gasteiger partial charge is 0.459 e. The minimum absolute atomic E-state index is 0.152. The van der Waals surface area contributed by atoms with Gasteiger partial charge in [0.15, 0.2) is 5.79 Å². The normalized spacial score (nSPS) is 40.3. The van der Waals surface area contributed by atoms with Crippen LogP contribution < -0.4 is 0 Å². The molecule has 0 aromatic rings. The van der Waals surface area contributed by atoms with Crippen LogP contribution in [0.2, 0.25) is 0 Å². The standard InChI is InChI=1S/C15H24O4/c1-9(2)11-7-8-15(6)13(12(11)17-10(3)16)18-14(4,5)19-15/h7-9,11-13H,1-6H3/t11-,12-,13-,15+/m1/s1. The van der Waals surface area contributed by atoms with Crippen LogP contribution in [-0.2, 0) is 19.0 Å². The number of ether oxygens (including phenoxy) is 3. The molecule has 2 aliphatic rings. The van der Waals surface area contributed by atoms with Gasteiger partial charge in [0.2, 0.25) is 0 Å². The van der Waals surface area contributed by atoms with E-state index in [2.05, 4.69) is 26.0 Å². The fraction of sp³-hybridized carbons (Fsp3) is 0.800. The molecule has 0 radical (unpaired) electrons. The van der Waals surface area contributed by atoms with E-state index in [1.165, 1.54) is 6.92 Å². The highest BCUT2D eigenvalue weighted by Crippen LogP contribution is 2.45. The van der Waals surface area contributed by atoms with E-state index < -0.39 is 11.4 Å². The number of rotatable bonds is 2. The maximum atomic E-state index is 11.4. The van der Waals surface area contributed by atoms with E-state index in [4.69, 9.17) is 14.2 Å². The van der Waals surface area contributed by atoms with Crippen molar-refractivity contribution in [3.8, 4) is 0 Å². The van der Waals surface area contributed by atoms with Crippen molar-refractivity contribution in [3.05, 3.63) is 12.2 Å². The Bertz CT molecular complexity index is 399. The van der Waals surface area contributed by atoms with E-state index in [-0.39, 0.29) is 24.1 Å². The lowest BCUT2D eigenvalue weighted by molar-refractivity contribution is -0.174. The van der Waals surface area contributed by atoms with Crippen LogP contribution in [0.4, 0.5) is 0 Å². The Morgan fingerprint density at radius 2 is 1.95 bits per heavy atom. The Morgan fingerprint density at radius 1 is 1.32 bits per heavy atom. The van der Waals surface area contributed by atoms with Gasteiger partial charge in [-0.1, -0.05) is 26.0 Å². The summed E-state index contributed by atoms with van der Waals surface area (Å²) in [7, 11) is 0. The summed E-state index contributed by atoms with van der Waals surface area (Å²) in [5.74, 6) is -0.410. The molecule has 2 rings (SSSR count). The molecule has 4 nitrogen and oxygen atoms in total. The van der Waals surface area contributed by atoms with Gasteiger partial charge in [-0.05, 0) is 26.7 Å². The zero-order valence-electron chi connectivity index (χ0n) is 12.6. The number of carbonyl (C=O) groups excluding carboxylic acids is 1. The fourth-order valence-electron chi connectivity index (χ4n) is 3.10. The van der Waals surface area contributed by atoms with E-state index in [1.807, 2.05) is 20.8 Å². The maximum Gasteiger partial charge on any atom is 0.303 e. The number of fused-ring (bicyclic) bond motifs is 1. The fourth-order valence-corrected chi connectivity index (χ4v) is 3.10. The smallest absolute Gasteiger partial charge is 0.303 e. The van der Waals surface area contributed by atoms with Crippen molar-refractivity contribution in [1.29, 1.82) is 0 Å². The molecule has 0 amide bonds. The molecule has 1 aliphatic heterocycles. The molecule has 1 fully saturated rings. The molecule has 0 aromatic carbocycles. The van der Waals surface area contributed by atoms with Gasteiger partial charge in [0, 0.05) is 12.8 Å². The highest BCUT2D eigenvalue weighted by molar-refractivity contribution is 5.66. The third kappa shape index (κ3) is 2.70. The Kier molecular flexibility index (Phi) is 3.52. The van der Waals surface area contributed by atoms with Crippen molar-refractivity contribution in [2.75, 3.05) is 0 Å². The van der Waals surface area contributed by atoms with E-state index in [0.29, 0.717) is 5.92 Å². The second-order valence-corrected chi connectivity index (χ2v) is 6.48.